The number of carbonyl (C=O) groups is 2. The second-order valence-electron chi connectivity index (χ2n) is 4.77. The van der Waals surface area contributed by atoms with Gasteiger partial charge in [0.1, 0.15) is 0 Å². The number of hydrogen-bond acceptors (Lipinski definition) is 2. The van der Waals surface area contributed by atoms with Crippen LogP contribution in [0.25, 0.3) is 0 Å². The summed E-state index contributed by atoms with van der Waals surface area (Å²) in [7, 11) is 0. The summed E-state index contributed by atoms with van der Waals surface area (Å²) in [6.07, 6.45) is -4.26. The normalized spacial score (nSPS) is 18.9. The molecule has 0 spiro atoms. The Bertz CT molecular complexity index is 589. The molecule has 1 aromatic carbocycles. The molecule has 0 radical (unpaired) electrons. The number of amides is 1. The molecule has 8 heteroatoms. The Hall–Kier alpha value is -1.57. The number of hydrogen-bond donors (Lipinski definition) is 1. The van der Waals surface area contributed by atoms with E-state index in [0.29, 0.717) is 6.42 Å². The molecule has 1 aromatic rings. The maximum atomic E-state index is 12.8. The molecular formula is C13H11BrF3NO3. The molecule has 114 valence electrons. The number of alkyl halides is 3. The lowest BCUT2D eigenvalue weighted by molar-refractivity contribution is -0.141. The Balaban J connectivity index is 2.23. The van der Waals surface area contributed by atoms with Gasteiger partial charge in [-0.15, -0.1) is 0 Å². The lowest BCUT2D eigenvalue weighted by Crippen LogP contribution is -2.30. The molecular weight excluding hydrogens is 355 g/mol. The van der Waals surface area contributed by atoms with Crippen LogP contribution in [-0.2, 0) is 11.0 Å². The van der Waals surface area contributed by atoms with E-state index in [1.54, 1.807) is 0 Å². The largest absolute Gasteiger partial charge is 0.481 e. The highest BCUT2D eigenvalue weighted by Crippen LogP contribution is 2.35. The summed E-state index contributed by atoms with van der Waals surface area (Å²) in [6, 6.07) is 3.23. The van der Waals surface area contributed by atoms with Crippen molar-refractivity contribution in [2.75, 3.05) is 13.1 Å². The minimum absolute atomic E-state index is 0.0194. The summed E-state index contributed by atoms with van der Waals surface area (Å²) in [5, 5.41) is 8.88. The summed E-state index contributed by atoms with van der Waals surface area (Å²) in [5.41, 5.74) is -1.03. The molecule has 1 saturated heterocycles. The number of halogens is 4. The predicted octanol–water partition coefficient (Wildman–Crippen LogP) is 3.01. The average Bonchev–Trinajstić information content (AvgIpc) is 2.86. The Labute approximate surface area is 126 Å². The summed E-state index contributed by atoms with van der Waals surface area (Å²) < 4.78 is 38.3. The van der Waals surface area contributed by atoms with Gasteiger partial charge in [0.15, 0.2) is 0 Å². The van der Waals surface area contributed by atoms with Crippen LogP contribution in [0.15, 0.2) is 22.7 Å². The van der Waals surface area contributed by atoms with Crippen molar-refractivity contribution in [2.45, 2.75) is 12.6 Å². The molecule has 1 aliphatic heterocycles. The SMILES string of the molecule is O=C(O)C1CCN(C(=O)c2ccc(Br)c(C(F)(F)F)c2)C1. The van der Waals surface area contributed by atoms with Crippen LogP contribution in [0, 0.1) is 5.92 Å². The van der Waals surface area contributed by atoms with Gasteiger partial charge in [0.25, 0.3) is 5.91 Å². The van der Waals surface area contributed by atoms with Gasteiger partial charge in [-0.2, -0.15) is 13.2 Å². The van der Waals surface area contributed by atoms with Gasteiger partial charge in [0.05, 0.1) is 11.5 Å². The molecule has 1 N–H and O–H groups in total. The van der Waals surface area contributed by atoms with Crippen molar-refractivity contribution in [3.8, 4) is 0 Å². The van der Waals surface area contributed by atoms with Gasteiger partial charge < -0.3 is 10.0 Å². The Morgan fingerprint density at radius 1 is 1.33 bits per heavy atom. The molecule has 1 atom stereocenters. The third-order valence-corrected chi connectivity index (χ3v) is 4.03. The highest BCUT2D eigenvalue weighted by atomic mass is 79.9. The van der Waals surface area contributed by atoms with E-state index in [9.17, 15) is 22.8 Å². The fraction of sp³-hybridized carbons (Fsp3) is 0.385. The monoisotopic (exact) mass is 365 g/mol. The van der Waals surface area contributed by atoms with Crippen molar-refractivity contribution in [1.29, 1.82) is 0 Å². The van der Waals surface area contributed by atoms with Crippen molar-refractivity contribution in [2.24, 2.45) is 5.92 Å². The summed E-state index contributed by atoms with van der Waals surface area (Å²) in [4.78, 5) is 24.3. The summed E-state index contributed by atoms with van der Waals surface area (Å²) in [6.45, 7) is 0.249. The first-order valence-corrected chi connectivity index (χ1v) is 6.88. The van der Waals surface area contributed by atoms with Crippen molar-refractivity contribution in [3.05, 3.63) is 33.8 Å². The smallest absolute Gasteiger partial charge is 0.417 e. The second-order valence-corrected chi connectivity index (χ2v) is 5.62. The highest BCUT2D eigenvalue weighted by Gasteiger charge is 2.35. The third kappa shape index (κ3) is 3.37. The Morgan fingerprint density at radius 2 is 2.00 bits per heavy atom. The van der Waals surface area contributed by atoms with Crippen LogP contribution < -0.4 is 0 Å². The number of carboxylic acids is 1. The number of likely N-dealkylation sites (tertiary alicyclic amines) is 1. The number of benzene rings is 1. The van der Waals surface area contributed by atoms with Gasteiger partial charge in [0, 0.05) is 23.1 Å². The van der Waals surface area contributed by atoms with Gasteiger partial charge >= 0.3 is 12.1 Å². The van der Waals surface area contributed by atoms with Crippen LogP contribution >= 0.6 is 15.9 Å². The topological polar surface area (TPSA) is 57.6 Å². The van der Waals surface area contributed by atoms with Crippen LogP contribution in [0.3, 0.4) is 0 Å². The van der Waals surface area contributed by atoms with Crippen LogP contribution in [0.4, 0.5) is 13.2 Å². The molecule has 1 aliphatic rings. The quantitative estimate of drug-likeness (QED) is 0.876. The second kappa shape index (κ2) is 5.67. The molecule has 1 unspecified atom stereocenters. The van der Waals surface area contributed by atoms with Crippen LogP contribution in [0.2, 0.25) is 0 Å². The summed E-state index contributed by atoms with van der Waals surface area (Å²) >= 11 is 2.80. The van der Waals surface area contributed by atoms with Gasteiger partial charge in [0.2, 0.25) is 0 Å². The predicted molar refractivity (Wildman–Crippen MR) is 70.8 cm³/mol. The fourth-order valence-electron chi connectivity index (χ4n) is 2.20. The number of nitrogens with zero attached hydrogens (tertiary/aromatic N) is 1. The molecule has 4 nitrogen and oxygen atoms in total. The standard InChI is InChI=1S/C13H11BrF3NO3/c14-10-2-1-7(5-9(10)13(15,16)17)11(19)18-4-3-8(6-18)12(20)21/h1-2,5,8H,3-4,6H2,(H,20,21). The first kappa shape index (κ1) is 15.8. The summed E-state index contributed by atoms with van der Waals surface area (Å²) in [5.74, 6) is -2.25. The van der Waals surface area contributed by atoms with E-state index in [1.807, 2.05) is 0 Å². The molecule has 1 fully saturated rings. The molecule has 2 rings (SSSR count). The number of rotatable bonds is 2. The lowest BCUT2D eigenvalue weighted by atomic mass is 10.1. The van der Waals surface area contributed by atoms with E-state index in [4.69, 9.17) is 5.11 Å². The van der Waals surface area contributed by atoms with E-state index in [-0.39, 0.29) is 23.1 Å². The fourth-order valence-corrected chi connectivity index (χ4v) is 2.68. The van der Waals surface area contributed by atoms with Gasteiger partial charge in [-0.05, 0) is 24.6 Å². The molecule has 0 aromatic heterocycles. The van der Waals surface area contributed by atoms with Crippen LogP contribution in [0.1, 0.15) is 22.3 Å². The van der Waals surface area contributed by atoms with E-state index in [1.165, 1.54) is 17.0 Å². The number of carbonyl (C=O) groups excluding carboxylic acids is 1. The Kier molecular flexibility index (Phi) is 4.27. The first-order chi connectivity index (χ1) is 9.70. The van der Waals surface area contributed by atoms with Crippen LogP contribution in [0.5, 0.6) is 0 Å². The molecule has 0 saturated carbocycles. The average molecular weight is 366 g/mol. The van der Waals surface area contributed by atoms with Gasteiger partial charge in [-0.25, -0.2) is 0 Å². The minimum Gasteiger partial charge on any atom is -0.481 e. The molecule has 1 heterocycles. The third-order valence-electron chi connectivity index (χ3n) is 3.34. The van der Waals surface area contributed by atoms with Crippen molar-refractivity contribution < 1.29 is 27.9 Å². The number of aliphatic carboxylic acids is 1. The van der Waals surface area contributed by atoms with Gasteiger partial charge in [-0.1, -0.05) is 15.9 Å². The van der Waals surface area contributed by atoms with Crippen LogP contribution in [-0.4, -0.2) is 35.0 Å². The zero-order valence-electron chi connectivity index (χ0n) is 10.7. The molecule has 0 aliphatic carbocycles. The van der Waals surface area contributed by atoms with Crippen molar-refractivity contribution >= 4 is 27.8 Å². The maximum absolute atomic E-state index is 12.8. The lowest BCUT2D eigenvalue weighted by Gasteiger charge is -2.17. The highest BCUT2D eigenvalue weighted by molar-refractivity contribution is 9.10. The van der Waals surface area contributed by atoms with Gasteiger partial charge in [-0.3, -0.25) is 9.59 Å². The van der Waals surface area contributed by atoms with E-state index < -0.39 is 29.5 Å². The first-order valence-electron chi connectivity index (χ1n) is 6.09. The van der Waals surface area contributed by atoms with Crippen molar-refractivity contribution in [1.82, 2.24) is 4.90 Å². The van der Waals surface area contributed by atoms with E-state index in [2.05, 4.69) is 15.9 Å². The number of carboxylic acid groups (broad SMARTS) is 1. The molecule has 21 heavy (non-hydrogen) atoms. The Morgan fingerprint density at radius 3 is 2.52 bits per heavy atom. The zero-order valence-corrected chi connectivity index (χ0v) is 12.2. The minimum atomic E-state index is -4.57. The molecule has 0 bridgehead atoms. The zero-order chi connectivity index (χ0) is 15.8. The van der Waals surface area contributed by atoms with Crippen molar-refractivity contribution in [3.63, 3.8) is 0 Å². The van der Waals surface area contributed by atoms with E-state index in [0.717, 1.165) is 6.07 Å². The maximum Gasteiger partial charge on any atom is 0.417 e. The molecule has 1 amide bonds. The van der Waals surface area contributed by atoms with E-state index >= 15 is 0 Å².